The van der Waals surface area contributed by atoms with E-state index in [1.165, 1.54) is 6.21 Å². The molecule has 3 N–H and O–H groups in total. The summed E-state index contributed by atoms with van der Waals surface area (Å²) < 4.78 is 5.57. The first-order valence-electron chi connectivity index (χ1n) is 11.0. The van der Waals surface area contributed by atoms with Gasteiger partial charge in [-0.25, -0.2) is 5.43 Å². The van der Waals surface area contributed by atoms with Gasteiger partial charge in [0.2, 0.25) is 0 Å². The average molecular weight is 473 g/mol. The van der Waals surface area contributed by atoms with Crippen LogP contribution in [0, 0.1) is 27.7 Å². The topological polar surface area (TPSA) is 109 Å². The molecule has 0 heterocycles. The van der Waals surface area contributed by atoms with Gasteiger partial charge in [0.15, 0.2) is 6.61 Å². The maximum atomic E-state index is 12.2. The molecule has 3 aromatic carbocycles. The Bertz CT molecular complexity index is 1240. The van der Waals surface area contributed by atoms with Crippen LogP contribution in [-0.2, 0) is 14.4 Å². The third-order valence-electron chi connectivity index (χ3n) is 5.04. The Balaban J connectivity index is 1.51. The van der Waals surface area contributed by atoms with Gasteiger partial charge in [-0.15, -0.1) is 0 Å². The van der Waals surface area contributed by atoms with Crippen LogP contribution >= 0.6 is 0 Å². The fourth-order valence-corrected chi connectivity index (χ4v) is 3.48. The number of amides is 3. The van der Waals surface area contributed by atoms with E-state index in [0.717, 1.165) is 22.3 Å². The molecule has 0 saturated carbocycles. The molecular formula is C27H28N4O4. The zero-order chi connectivity index (χ0) is 25.4. The van der Waals surface area contributed by atoms with E-state index >= 15 is 0 Å². The van der Waals surface area contributed by atoms with Gasteiger partial charge in [0.05, 0.1) is 6.21 Å². The predicted octanol–water partition coefficient (Wildman–Crippen LogP) is 4.03. The number of nitrogens with zero attached hydrogens (tertiary/aromatic N) is 1. The Morgan fingerprint density at radius 3 is 2.17 bits per heavy atom. The van der Waals surface area contributed by atoms with Crippen molar-refractivity contribution in [1.29, 1.82) is 0 Å². The molecule has 0 aliphatic carbocycles. The molecule has 0 atom stereocenters. The largest absolute Gasteiger partial charge is 0.484 e. The van der Waals surface area contributed by atoms with Gasteiger partial charge in [-0.3, -0.25) is 14.4 Å². The summed E-state index contributed by atoms with van der Waals surface area (Å²) in [4.78, 5) is 36.5. The van der Waals surface area contributed by atoms with Crippen LogP contribution in [-0.4, -0.2) is 30.5 Å². The van der Waals surface area contributed by atoms with Gasteiger partial charge in [0.1, 0.15) is 5.75 Å². The van der Waals surface area contributed by atoms with Crippen molar-refractivity contribution in [2.45, 2.75) is 27.7 Å². The molecule has 3 amide bonds. The lowest BCUT2D eigenvalue weighted by molar-refractivity contribution is -0.136. The average Bonchev–Trinajstić information content (AvgIpc) is 2.79. The Morgan fingerprint density at radius 1 is 0.829 bits per heavy atom. The summed E-state index contributed by atoms with van der Waals surface area (Å²) in [6.07, 6.45) is 1.38. The summed E-state index contributed by atoms with van der Waals surface area (Å²) in [5.41, 5.74) is 7.97. The molecule has 180 valence electrons. The van der Waals surface area contributed by atoms with Gasteiger partial charge < -0.3 is 15.4 Å². The summed E-state index contributed by atoms with van der Waals surface area (Å²) in [6, 6.07) is 18.2. The summed E-state index contributed by atoms with van der Waals surface area (Å²) in [5.74, 6) is -1.52. The molecule has 0 fully saturated rings. The maximum Gasteiger partial charge on any atom is 0.329 e. The quantitative estimate of drug-likeness (QED) is 0.274. The number of rotatable bonds is 7. The van der Waals surface area contributed by atoms with Crippen molar-refractivity contribution in [3.8, 4) is 5.75 Å². The van der Waals surface area contributed by atoms with E-state index in [1.54, 1.807) is 24.3 Å². The fourth-order valence-electron chi connectivity index (χ4n) is 3.48. The molecule has 0 saturated heterocycles. The van der Waals surface area contributed by atoms with E-state index in [2.05, 4.69) is 21.2 Å². The first-order valence-corrected chi connectivity index (χ1v) is 11.0. The monoisotopic (exact) mass is 472 g/mol. The van der Waals surface area contributed by atoms with Crippen molar-refractivity contribution in [2.75, 3.05) is 17.2 Å². The van der Waals surface area contributed by atoms with E-state index in [4.69, 9.17) is 4.74 Å². The van der Waals surface area contributed by atoms with Crippen LogP contribution in [0.5, 0.6) is 5.75 Å². The molecule has 35 heavy (non-hydrogen) atoms. The second kappa shape index (κ2) is 11.6. The predicted molar refractivity (Wildman–Crippen MR) is 137 cm³/mol. The van der Waals surface area contributed by atoms with Crippen molar-refractivity contribution in [3.05, 3.63) is 88.5 Å². The van der Waals surface area contributed by atoms with E-state index in [0.29, 0.717) is 22.7 Å². The SMILES string of the molecule is Cc1cc(C)cc(NC(=O)COc2cccc(/C=N\NC(=O)C(=O)Nc3c(C)cccc3C)c2)c1. The van der Waals surface area contributed by atoms with Gasteiger partial charge >= 0.3 is 11.8 Å². The highest BCUT2D eigenvalue weighted by Crippen LogP contribution is 2.19. The molecule has 0 aromatic heterocycles. The molecule has 0 radical (unpaired) electrons. The lowest BCUT2D eigenvalue weighted by Gasteiger charge is -2.10. The van der Waals surface area contributed by atoms with Gasteiger partial charge in [0.25, 0.3) is 5.91 Å². The summed E-state index contributed by atoms with van der Waals surface area (Å²) in [5, 5.41) is 9.26. The summed E-state index contributed by atoms with van der Waals surface area (Å²) in [6.45, 7) is 7.46. The minimum atomic E-state index is -0.889. The molecule has 0 unspecified atom stereocenters. The van der Waals surface area contributed by atoms with Crippen molar-refractivity contribution in [1.82, 2.24) is 5.43 Å². The third-order valence-corrected chi connectivity index (χ3v) is 5.04. The number of hydrazone groups is 1. The highest BCUT2D eigenvalue weighted by Gasteiger charge is 2.15. The molecule has 0 aliphatic rings. The second-order valence-electron chi connectivity index (χ2n) is 8.21. The third kappa shape index (κ3) is 7.53. The van der Waals surface area contributed by atoms with Crippen LogP contribution < -0.4 is 20.8 Å². The highest BCUT2D eigenvalue weighted by atomic mass is 16.5. The van der Waals surface area contributed by atoms with Crippen LogP contribution in [0.1, 0.15) is 27.8 Å². The maximum absolute atomic E-state index is 12.2. The molecule has 0 bridgehead atoms. The van der Waals surface area contributed by atoms with E-state index < -0.39 is 11.8 Å². The van der Waals surface area contributed by atoms with Gasteiger partial charge in [-0.2, -0.15) is 5.10 Å². The first kappa shape index (κ1) is 25.2. The van der Waals surface area contributed by atoms with Gasteiger partial charge in [-0.05, 0) is 79.8 Å². The number of para-hydroxylation sites is 1. The van der Waals surface area contributed by atoms with Gasteiger partial charge in [-0.1, -0.05) is 36.4 Å². The molecule has 8 heteroatoms. The van der Waals surface area contributed by atoms with Crippen LogP contribution in [0.4, 0.5) is 11.4 Å². The van der Waals surface area contributed by atoms with Crippen LogP contribution in [0.25, 0.3) is 0 Å². The summed E-state index contributed by atoms with van der Waals surface area (Å²) in [7, 11) is 0. The van der Waals surface area contributed by atoms with Crippen molar-refractivity contribution in [3.63, 3.8) is 0 Å². The summed E-state index contributed by atoms with van der Waals surface area (Å²) >= 11 is 0. The minimum Gasteiger partial charge on any atom is -0.484 e. The molecule has 0 aliphatic heterocycles. The number of carbonyl (C=O) groups excluding carboxylic acids is 3. The van der Waals surface area contributed by atoms with Crippen LogP contribution in [0.3, 0.4) is 0 Å². The van der Waals surface area contributed by atoms with E-state index in [9.17, 15) is 14.4 Å². The molecule has 3 rings (SSSR count). The lowest BCUT2D eigenvalue weighted by Crippen LogP contribution is -2.32. The number of ether oxygens (including phenoxy) is 1. The first-order chi connectivity index (χ1) is 16.7. The van der Waals surface area contributed by atoms with Crippen molar-refractivity contribution >= 4 is 35.3 Å². The minimum absolute atomic E-state index is 0.164. The highest BCUT2D eigenvalue weighted by molar-refractivity contribution is 6.39. The number of aryl methyl sites for hydroxylation is 4. The smallest absolute Gasteiger partial charge is 0.329 e. The second-order valence-corrected chi connectivity index (χ2v) is 8.21. The fraction of sp³-hybridized carbons (Fsp3) is 0.185. The van der Waals surface area contributed by atoms with E-state index in [1.807, 2.05) is 64.1 Å². The van der Waals surface area contributed by atoms with Gasteiger partial charge in [0, 0.05) is 11.4 Å². The van der Waals surface area contributed by atoms with Crippen molar-refractivity contribution < 1.29 is 19.1 Å². The number of nitrogens with one attached hydrogen (secondary N) is 3. The standard InChI is InChI=1S/C27H28N4O4/c1-17-11-18(2)13-22(12-17)29-24(32)16-35-23-10-6-9-21(14-23)15-28-31-27(34)26(33)30-25-19(3)7-5-8-20(25)4/h5-15H,16H2,1-4H3,(H,29,32)(H,30,33)(H,31,34)/b28-15-. The van der Waals surface area contributed by atoms with Crippen LogP contribution in [0.15, 0.2) is 65.8 Å². The molecule has 3 aromatic rings. The molecule has 0 spiro atoms. The van der Waals surface area contributed by atoms with Crippen LogP contribution in [0.2, 0.25) is 0 Å². The lowest BCUT2D eigenvalue weighted by atomic mass is 10.1. The van der Waals surface area contributed by atoms with Crippen molar-refractivity contribution in [2.24, 2.45) is 5.10 Å². The number of benzene rings is 3. The Labute approximate surface area is 204 Å². The Hall–Kier alpha value is -4.46. The Morgan fingerprint density at radius 2 is 1.49 bits per heavy atom. The molecular weight excluding hydrogens is 444 g/mol. The Kier molecular flexibility index (Phi) is 8.34. The number of hydrogen-bond donors (Lipinski definition) is 3. The number of carbonyl (C=O) groups is 3. The zero-order valence-corrected chi connectivity index (χ0v) is 20.1. The molecule has 8 nitrogen and oxygen atoms in total. The van der Waals surface area contributed by atoms with E-state index in [-0.39, 0.29) is 12.5 Å². The number of anilines is 2. The normalized spacial score (nSPS) is 10.6. The number of hydrogen-bond acceptors (Lipinski definition) is 5. The zero-order valence-electron chi connectivity index (χ0n) is 20.1.